The first-order valence-corrected chi connectivity index (χ1v) is 8.22. The Balaban J connectivity index is 1.53. The summed E-state index contributed by atoms with van der Waals surface area (Å²) in [5.74, 6) is -1.79. The van der Waals surface area contributed by atoms with Crippen LogP contribution in [0.4, 0.5) is 4.39 Å². The second-order valence-corrected chi connectivity index (χ2v) is 6.18. The first kappa shape index (κ1) is 17.3. The summed E-state index contributed by atoms with van der Waals surface area (Å²) in [5.41, 5.74) is 0.685. The monoisotopic (exact) mass is 349 g/mol. The van der Waals surface area contributed by atoms with Crippen molar-refractivity contribution in [3.05, 3.63) is 35.6 Å². The van der Waals surface area contributed by atoms with E-state index in [1.165, 1.54) is 17.0 Å². The second-order valence-electron chi connectivity index (χ2n) is 6.18. The van der Waals surface area contributed by atoms with Crippen LogP contribution in [-0.2, 0) is 25.7 Å². The molecular formula is C17H20FN3O4. The lowest BCUT2D eigenvalue weighted by Crippen LogP contribution is -2.50. The fourth-order valence-electron chi connectivity index (χ4n) is 3.03. The number of morpholine rings is 1. The number of carbonyl (C=O) groups is 3. The molecule has 0 aliphatic carbocycles. The molecule has 134 valence electrons. The maximum atomic E-state index is 13.2. The molecule has 2 aliphatic heterocycles. The van der Waals surface area contributed by atoms with Crippen molar-refractivity contribution in [3.63, 3.8) is 0 Å². The van der Waals surface area contributed by atoms with Crippen LogP contribution in [0, 0.1) is 5.82 Å². The van der Waals surface area contributed by atoms with E-state index in [1.54, 1.807) is 17.0 Å². The van der Waals surface area contributed by atoms with Crippen molar-refractivity contribution >= 4 is 17.7 Å². The van der Waals surface area contributed by atoms with Gasteiger partial charge < -0.3 is 19.9 Å². The summed E-state index contributed by atoms with van der Waals surface area (Å²) in [6, 6.07) is 5.63. The first-order chi connectivity index (χ1) is 12.0. The highest BCUT2D eigenvalue weighted by Gasteiger charge is 2.33. The van der Waals surface area contributed by atoms with Gasteiger partial charge in [0.1, 0.15) is 5.82 Å². The Morgan fingerprint density at radius 1 is 1.28 bits per heavy atom. The van der Waals surface area contributed by atoms with Crippen molar-refractivity contribution in [1.82, 2.24) is 15.1 Å². The molecule has 1 atom stereocenters. The number of likely N-dealkylation sites (tertiary alicyclic amines) is 1. The van der Waals surface area contributed by atoms with Crippen LogP contribution >= 0.6 is 0 Å². The minimum Gasteiger partial charge on any atom is -0.378 e. The van der Waals surface area contributed by atoms with Crippen molar-refractivity contribution < 1.29 is 23.5 Å². The summed E-state index contributed by atoms with van der Waals surface area (Å²) in [6.45, 7) is 2.20. The summed E-state index contributed by atoms with van der Waals surface area (Å²) < 4.78 is 18.4. The smallest absolute Gasteiger partial charge is 0.312 e. The Morgan fingerprint density at radius 2 is 2.04 bits per heavy atom. The molecule has 2 heterocycles. The molecule has 2 saturated heterocycles. The van der Waals surface area contributed by atoms with Gasteiger partial charge in [0, 0.05) is 32.6 Å². The molecule has 3 amide bonds. The number of amides is 3. The zero-order valence-corrected chi connectivity index (χ0v) is 13.7. The predicted octanol–water partition coefficient (Wildman–Crippen LogP) is -0.0984. The van der Waals surface area contributed by atoms with E-state index >= 15 is 0 Å². The average Bonchev–Trinajstić information content (AvgIpc) is 2.94. The van der Waals surface area contributed by atoms with Crippen LogP contribution in [0.1, 0.15) is 12.0 Å². The Morgan fingerprint density at radius 3 is 2.76 bits per heavy atom. The number of hydrogen-bond donors (Lipinski definition) is 1. The Hall–Kier alpha value is -2.48. The highest BCUT2D eigenvalue weighted by atomic mass is 19.1. The summed E-state index contributed by atoms with van der Waals surface area (Å²) in [4.78, 5) is 39.3. The number of hydrogen-bond acceptors (Lipinski definition) is 4. The van der Waals surface area contributed by atoms with Crippen molar-refractivity contribution in [3.8, 4) is 0 Å². The highest BCUT2D eigenvalue weighted by Crippen LogP contribution is 2.16. The van der Waals surface area contributed by atoms with Crippen LogP contribution in [0.2, 0.25) is 0 Å². The van der Waals surface area contributed by atoms with Gasteiger partial charge in [0.05, 0.1) is 19.3 Å². The number of benzene rings is 1. The van der Waals surface area contributed by atoms with E-state index < -0.39 is 17.9 Å². The average molecular weight is 349 g/mol. The second kappa shape index (κ2) is 7.60. The normalized spacial score (nSPS) is 20.7. The standard InChI is InChI=1S/C17H20FN3O4/c18-13-3-1-2-12(8-13)10-21-11-14(9-15(21)22)19-16(23)17(24)20-4-6-25-7-5-20/h1-3,8,14H,4-7,9-11H2,(H,19,23)/t14-/m0/s1. The third-order valence-electron chi connectivity index (χ3n) is 4.30. The SMILES string of the molecule is O=C(N[C@H]1CC(=O)N(Cc2cccc(F)c2)C1)C(=O)N1CCOCC1. The van der Waals surface area contributed by atoms with Crippen LogP contribution in [0.3, 0.4) is 0 Å². The zero-order chi connectivity index (χ0) is 17.8. The van der Waals surface area contributed by atoms with E-state index in [4.69, 9.17) is 4.74 Å². The van der Waals surface area contributed by atoms with Gasteiger partial charge in [-0.1, -0.05) is 12.1 Å². The van der Waals surface area contributed by atoms with Gasteiger partial charge >= 0.3 is 11.8 Å². The van der Waals surface area contributed by atoms with Gasteiger partial charge in [-0.3, -0.25) is 14.4 Å². The molecule has 25 heavy (non-hydrogen) atoms. The maximum Gasteiger partial charge on any atom is 0.312 e. The molecule has 3 rings (SSSR count). The molecule has 1 aromatic carbocycles. The van der Waals surface area contributed by atoms with E-state index in [9.17, 15) is 18.8 Å². The number of rotatable bonds is 3. The molecule has 7 nitrogen and oxygen atoms in total. The third-order valence-corrected chi connectivity index (χ3v) is 4.30. The molecule has 0 spiro atoms. The molecule has 0 bridgehead atoms. The lowest BCUT2D eigenvalue weighted by Gasteiger charge is -2.26. The van der Waals surface area contributed by atoms with Crippen molar-refractivity contribution in [2.75, 3.05) is 32.8 Å². The Bertz CT molecular complexity index is 676. The van der Waals surface area contributed by atoms with Gasteiger partial charge in [-0.2, -0.15) is 0 Å². The van der Waals surface area contributed by atoms with Gasteiger partial charge in [-0.25, -0.2) is 4.39 Å². The van der Waals surface area contributed by atoms with E-state index in [0.717, 1.165) is 0 Å². The minimum atomic E-state index is -0.702. The molecule has 0 unspecified atom stereocenters. The van der Waals surface area contributed by atoms with Crippen LogP contribution in [-0.4, -0.2) is 66.4 Å². The highest BCUT2D eigenvalue weighted by molar-refractivity contribution is 6.35. The molecule has 2 aliphatic rings. The van der Waals surface area contributed by atoms with Crippen molar-refractivity contribution in [2.45, 2.75) is 19.0 Å². The summed E-state index contributed by atoms with van der Waals surface area (Å²) in [6.07, 6.45) is 0.136. The largest absolute Gasteiger partial charge is 0.378 e. The topological polar surface area (TPSA) is 79.0 Å². The number of nitrogens with zero attached hydrogens (tertiary/aromatic N) is 2. The van der Waals surface area contributed by atoms with E-state index in [-0.39, 0.29) is 24.7 Å². The lowest BCUT2D eigenvalue weighted by atomic mass is 10.2. The summed E-state index contributed by atoms with van der Waals surface area (Å²) in [7, 11) is 0. The van der Waals surface area contributed by atoms with Crippen molar-refractivity contribution in [1.29, 1.82) is 0 Å². The zero-order valence-electron chi connectivity index (χ0n) is 13.7. The fourth-order valence-corrected chi connectivity index (χ4v) is 3.03. The summed E-state index contributed by atoms with van der Waals surface area (Å²) in [5, 5.41) is 2.63. The van der Waals surface area contributed by atoms with E-state index in [2.05, 4.69) is 5.32 Å². The molecule has 1 aromatic rings. The lowest BCUT2D eigenvalue weighted by molar-refractivity contribution is -0.148. The molecule has 8 heteroatoms. The Labute approximate surface area is 144 Å². The number of nitrogens with one attached hydrogen (secondary N) is 1. The number of ether oxygens (including phenoxy) is 1. The van der Waals surface area contributed by atoms with E-state index in [0.29, 0.717) is 38.4 Å². The fraction of sp³-hybridized carbons (Fsp3) is 0.471. The number of halogens is 1. The quantitative estimate of drug-likeness (QED) is 0.773. The van der Waals surface area contributed by atoms with Crippen molar-refractivity contribution in [2.24, 2.45) is 0 Å². The minimum absolute atomic E-state index is 0.131. The van der Waals surface area contributed by atoms with Crippen LogP contribution in [0.25, 0.3) is 0 Å². The van der Waals surface area contributed by atoms with Crippen LogP contribution in [0.5, 0.6) is 0 Å². The van der Waals surface area contributed by atoms with Gasteiger partial charge in [0.15, 0.2) is 0 Å². The molecule has 1 N–H and O–H groups in total. The van der Waals surface area contributed by atoms with Gasteiger partial charge in [0.2, 0.25) is 5.91 Å². The molecule has 0 aromatic heterocycles. The molecule has 2 fully saturated rings. The molecule has 0 saturated carbocycles. The molecular weight excluding hydrogens is 329 g/mol. The van der Waals surface area contributed by atoms with Gasteiger partial charge in [-0.05, 0) is 17.7 Å². The molecule has 0 radical (unpaired) electrons. The van der Waals surface area contributed by atoms with Crippen LogP contribution in [0.15, 0.2) is 24.3 Å². The maximum absolute atomic E-state index is 13.2. The number of carbonyl (C=O) groups excluding carboxylic acids is 3. The van der Waals surface area contributed by atoms with E-state index in [1.807, 2.05) is 0 Å². The third kappa shape index (κ3) is 4.33. The van der Waals surface area contributed by atoms with Gasteiger partial charge in [-0.15, -0.1) is 0 Å². The Kier molecular flexibility index (Phi) is 5.28. The predicted molar refractivity (Wildman–Crippen MR) is 85.8 cm³/mol. The van der Waals surface area contributed by atoms with Gasteiger partial charge in [0.25, 0.3) is 0 Å². The van der Waals surface area contributed by atoms with Crippen LogP contribution < -0.4 is 5.32 Å². The summed E-state index contributed by atoms with van der Waals surface area (Å²) >= 11 is 0. The first-order valence-electron chi connectivity index (χ1n) is 8.22.